The van der Waals surface area contributed by atoms with Gasteiger partial charge in [0.05, 0.1) is 6.10 Å². The number of nitrogens with zero attached hydrogens (tertiary/aromatic N) is 4. The van der Waals surface area contributed by atoms with Crippen LogP contribution >= 0.6 is 11.6 Å². The highest BCUT2D eigenvalue weighted by Gasteiger charge is 2.11. The molecule has 0 aliphatic heterocycles. The molecule has 0 aliphatic rings. The number of aryl methyl sites for hydroxylation is 1. The summed E-state index contributed by atoms with van der Waals surface area (Å²) in [7, 11) is 0. The molecule has 124 valence electrons. The Hall–Kier alpha value is -2.51. The molecule has 3 rings (SSSR count). The van der Waals surface area contributed by atoms with E-state index in [1.165, 1.54) is 0 Å². The van der Waals surface area contributed by atoms with Crippen molar-refractivity contribution in [1.29, 1.82) is 0 Å². The maximum atomic E-state index is 9.42. The van der Waals surface area contributed by atoms with Gasteiger partial charge in [0.2, 0.25) is 5.95 Å². The molecule has 0 amide bonds. The standard InChI is InChI=1S/C16H17ClN6O/c1-9-7-11(17)3-4-12(9)21-15-13-14(19-6-5-18-13)22-16(23-15)20-8-10(2)24/h3-7,10,24H,8H2,1-2H3,(H2,19,20,21,22,23). The van der Waals surface area contributed by atoms with Crippen LogP contribution in [0, 0.1) is 6.92 Å². The Morgan fingerprint density at radius 1 is 1.21 bits per heavy atom. The van der Waals surface area contributed by atoms with E-state index in [1.54, 1.807) is 25.4 Å². The van der Waals surface area contributed by atoms with Crippen LogP contribution in [0.3, 0.4) is 0 Å². The van der Waals surface area contributed by atoms with E-state index in [4.69, 9.17) is 11.6 Å². The third-order valence-corrected chi connectivity index (χ3v) is 3.56. The number of aliphatic hydroxyl groups excluding tert-OH is 1. The molecule has 0 bridgehead atoms. The summed E-state index contributed by atoms with van der Waals surface area (Å²) in [4.78, 5) is 17.3. The quantitative estimate of drug-likeness (QED) is 0.654. The average molecular weight is 345 g/mol. The molecule has 0 saturated heterocycles. The molecular formula is C16H17ClN6O. The summed E-state index contributed by atoms with van der Waals surface area (Å²) in [5.74, 6) is 0.907. The van der Waals surface area contributed by atoms with Crippen molar-refractivity contribution in [3.8, 4) is 0 Å². The largest absolute Gasteiger partial charge is 0.392 e. The van der Waals surface area contributed by atoms with Crippen LogP contribution < -0.4 is 10.6 Å². The van der Waals surface area contributed by atoms with Gasteiger partial charge in [-0.3, -0.25) is 0 Å². The smallest absolute Gasteiger partial charge is 0.226 e. The number of hydrogen-bond donors (Lipinski definition) is 3. The van der Waals surface area contributed by atoms with Crippen molar-refractivity contribution in [2.45, 2.75) is 20.0 Å². The first-order chi connectivity index (χ1) is 11.5. The van der Waals surface area contributed by atoms with Gasteiger partial charge in [0.25, 0.3) is 0 Å². The molecular weight excluding hydrogens is 328 g/mol. The van der Waals surface area contributed by atoms with E-state index < -0.39 is 6.10 Å². The molecule has 24 heavy (non-hydrogen) atoms. The van der Waals surface area contributed by atoms with Gasteiger partial charge < -0.3 is 15.7 Å². The van der Waals surface area contributed by atoms with Gasteiger partial charge in [-0.2, -0.15) is 9.97 Å². The van der Waals surface area contributed by atoms with Gasteiger partial charge in [-0.15, -0.1) is 0 Å². The highest BCUT2D eigenvalue weighted by molar-refractivity contribution is 6.30. The second-order valence-corrected chi connectivity index (χ2v) is 5.87. The zero-order chi connectivity index (χ0) is 17.1. The number of rotatable bonds is 5. The van der Waals surface area contributed by atoms with Crippen molar-refractivity contribution >= 4 is 40.2 Å². The lowest BCUT2D eigenvalue weighted by molar-refractivity contribution is 0.208. The van der Waals surface area contributed by atoms with E-state index in [0.717, 1.165) is 11.3 Å². The predicted octanol–water partition coefficient (Wildman–Crippen LogP) is 2.92. The zero-order valence-corrected chi connectivity index (χ0v) is 14.0. The number of halogens is 1. The molecule has 3 aromatic rings. The third kappa shape index (κ3) is 3.69. The van der Waals surface area contributed by atoms with Gasteiger partial charge in [-0.25, -0.2) is 9.97 Å². The molecule has 0 radical (unpaired) electrons. The fourth-order valence-corrected chi connectivity index (χ4v) is 2.39. The van der Waals surface area contributed by atoms with E-state index in [9.17, 15) is 5.11 Å². The number of benzene rings is 1. The normalized spacial score (nSPS) is 12.2. The molecule has 2 heterocycles. The highest BCUT2D eigenvalue weighted by Crippen LogP contribution is 2.26. The van der Waals surface area contributed by atoms with Crippen molar-refractivity contribution in [2.75, 3.05) is 17.2 Å². The minimum Gasteiger partial charge on any atom is -0.392 e. The van der Waals surface area contributed by atoms with E-state index in [-0.39, 0.29) is 0 Å². The summed E-state index contributed by atoms with van der Waals surface area (Å²) in [6.45, 7) is 3.98. The van der Waals surface area contributed by atoms with Gasteiger partial charge in [0.1, 0.15) is 0 Å². The van der Waals surface area contributed by atoms with E-state index in [1.807, 2.05) is 19.1 Å². The van der Waals surface area contributed by atoms with Gasteiger partial charge in [-0.05, 0) is 37.6 Å². The zero-order valence-electron chi connectivity index (χ0n) is 13.3. The Morgan fingerprint density at radius 3 is 2.75 bits per heavy atom. The Balaban J connectivity index is 2.01. The van der Waals surface area contributed by atoms with Gasteiger partial charge in [-0.1, -0.05) is 11.6 Å². The molecule has 0 fully saturated rings. The SMILES string of the molecule is Cc1cc(Cl)ccc1Nc1nc(NCC(C)O)nc2nccnc12. The van der Waals surface area contributed by atoms with Crippen LogP contribution in [0.25, 0.3) is 11.2 Å². The number of nitrogens with one attached hydrogen (secondary N) is 2. The molecule has 8 heteroatoms. The van der Waals surface area contributed by atoms with Crippen LogP contribution in [-0.4, -0.2) is 37.7 Å². The van der Waals surface area contributed by atoms with Crippen molar-refractivity contribution in [3.05, 3.63) is 41.2 Å². The van der Waals surface area contributed by atoms with Crippen LogP contribution in [0.15, 0.2) is 30.6 Å². The lowest BCUT2D eigenvalue weighted by atomic mass is 10.2. The molecule has 0 saturated carbocycles. The number of aliphatic hydroxyl groups is 1. The molecule has 1 atom stereocenters. The maximum Gasteiger partial charge on any atom is 0.226 e. The van der Waals surface area contributed by atoms with E-state index in [0.29, 0.717) is 34.5 Å². The second kappa shape index (κ2) is 6.94. The maximum absolute atomic E-state index is 9.42. The Labute approximate surface area is 144 Å². The first kappa shape index (κ1) is 16.4. The van der Waals surface area contributed by atoms with Crippen LogP contribution in [0.5, 0.6) is 0 Å². The lowest BCUT2D eigenvalue weighted by Crippen LogP contribution is -2.17. The Kier molecular flexibility index (Phi) is 4.73. The van der Waals surface area contributed by atoms with Gasteiger partial charge in [0.15, 0.2) is 17.0 Å². The lowest BCUT2D eigenvalue weighted by Gasteiger charge is -2.13. The van der Waals surface area contributed by atoms with Crippen LogP contribution in [0.4, 0.5) is 17.5 Å². The highest BCUT2D eigenvalue weighted by atomic mass is 35.5. The van der Waals surface area contributed by atoms with E-state index in [2.05, 4.69) is 30.6 Å². The van der Waals surface area contributed by atoms with Crippen LogP contribution in [0.1, 0.15) is 12.5 Å². The molecule has 7 nitrogen and oxygen atoms in total. The van der Waals surface area contributed by atoms with Crippen LogP contribution in [-0.2, 0) is 0 Å². The predicted molar refractivity (Wildman–Crippen MR) is 94.8 cm³/mol. The van der Waals surface area contributed by atoms with Crippen molar-refractivity contribution in [2.24, 2.45) is 0 Å². The molecule has 0 aliphatic carbocycles. The van der Waals surface area contributed by atoms with Crippen molar-refractivity contribution in [3.63, 3.8) is 0 Å². The first-order valence-corrected chi connectivity index (χ1v) is 7.84. The number of aromatic nitrogens is 4. The second-order valence-electron chi connectivity index (χ2n) is 5.44. The molecule has 0 spiro atoms. The average Bonchev–Trinajstić information content (AvgIpc) is 2.55. The minimum absolute atomic E-state index is 0.338. The van der Waals surface area contributed by atoms with Crippen molar-refractivity contribution in [1.82, 2.24) is 19.9 Å². The monoisotopic (exact) mass is 344 g/mol. The summed E-state index contributed by atoms with van der Waals surface area (Å²) in [6.07, 6.45) is 2.65. The third-order valence-electron chi connectivity index (χ3n) is 3.33. The fourth-order valence-electron chi connectivity index (χ4n) is 2.16. The molecule has 1 unspecified atom stereocenters. The summed E-state index contributed by atoms with van der Waals surface area (Å²) >= 11 is 6.00. The summed E-state index contributed by atoms with van der Waals surface area (Å²) < 4.78 is 0. The topological polar surface area (TPSA) is 95.9 Å². The first-order valence-electron chi connectivity index (χ1n) is 7.47. The summed E-state index contributed by atoms with van der Waals surface area (Å²) in [5.41, 5.74) is 2.88. The van der Waals surface area contributed by atoms with Crippen molar-refractivity contribution < 1.29 is 5.11 Å². The molecule has 3 N–H and O–H groups in total. The number of fused-ring (bicyclic) bond motifs is 1. The Morgan fingerprint density at radius 2 is 2.00 bits per heavy atom. The minimum atomic E-state index is -0.513. The fraction of sp³-hybridized carbons (Fsp3) is 0.250. The van der Waals surface area contributed by atoms with Gasteiger partial charge in [0, 0.05) is 29.6 Å². The summed E-state index contributed by atoms with van der Waals surface area (Å²) in [6, 6.07) is 5.55. The molecule has 1 aromatic carbocycles. The van der Waals surface area contributed by atoms with Crippen LogP contribution in [0.2, 0.25) is 5.02 Å². The summed E-state index contributed by atoms with van der Waals surface area (Å²) in [5, 5.41) is 16.3. The number of hydrogen-bond acceptors (Lipinski definition) is 7. The van der Waals surface area contributed by atoms with E-state index >= 15 is 0 Å². The number of anilines is 3. The van der Waals surface area contributed by atoms with Gasteiger partial charge >= 0.3 is 0 Å². The molecule has 2 aromatic heterocycles. The Bertz CT molecular complexity index is 870.